The molecule has 0 spiro atoms. The predicted octanol–water partition coefficient (Wildman–Crippen LogP) is 2.50. The number of amides is 1. The van der Waals surface area contributed by atoms with Crippen LogP contribution in [0.3, 0.4) is 0 Å². The summed E-state index contributed by atoms with van der Waals surface area (Å²) in [5.74, 6) is -11.9. The van der Waals surface area contributed by atoms with E-state index in [1.165, 1.54) is 18.2 Å². The highest BCUT2D eigenvalue weighted by Gasteiger charge is 2.56. The first-order valence-electron chi connectivity index (χ1n) is 6.57. The molecule has 1 aliphatic heterocycles. The molecule has 0 aromatic heterocycles. The number of carboxylic acids is 1. The zero-order valence-electron chi connectivity index (χ0n) is 11.6. The Morgan fingerprint density at radius 3 is 2.04 bits per heavy atom. The van der Waals surface area contributed by atoms with Crippen LogP contribution in [-0.2, 0) is 15.5 Å². The van der Waals surface area contributed by atoms with Crippen LogP contribution < -0.4 is 0 Å². The van der Waals surface area contributed by atoms with Gasteiger partial charge in [-0.3, -0.25) is 9.59 Å². The molecule has 4 nitrogen and oxygen atoms in total. The minimum Gasteiger partial charge on any atom is -0.481 e. The van der Waals surface area contributed by atoms with E-state index in [-0.39, 0.29) is 4.90 Å². The number of carbonyl (C=O) groups excluding carboxylic acids is 1. The van der Waals surface area contributed by atoms with Crippen molar-refractivity contribution in [3.63, 3.8) is 0 Å². The van der Waals surface area contributed by atoms with E-state index < -0.39 is 54.5 Å². The SMILES string of the molecule is O=C(O)[C@@H]1CN(C(=O)C(F)(F)c2ccccc2)C[C@H]1C(F)(F)F. The summed E-state index contributed by atoms with van der Waals surface area (Å²) in [5, 5.41) is 8.84. The van der Waals surface area contributed by atoms with Crippen molar-refractivity contribution in [3.8, 4) is 0 Å². The maximum Gasteiger partial charge on any atom is 0.394 e. The summed E-state index contributed by atoms with van der Waals surface area (Å²) in [6.07, 6.45) is -4.89. The van der Waals surface area contributed by atoms with Crippen molar-refractivity contribution in [3.05, 3.63) is 35.9 Å². The van der Waals surface area contributed by atoms with Gasteiger partial charge in [-0.1, -0.05) is 30.3 Å². The van der Waals surface area contributed by atoms with E-state index in [1.54, 1.807) is 0 Å². The second-order valence-electron chi connectivity index (χ2n) is 5.24. The van der Waals surface area contributed by atoms with Crippen molar-refractivity contribution in [2.45, 2.75) is 12.1 Å². The zero-order valence-corrected chi connectivity index (χ0v) is 11.6. The number of nitrogens with zero attached hydrogens (tertiary/aromatic N) is 1. The Morgan fingerprint density at radius 1 is 1.04 bits per heavy atom. The number of rotatable bonds is 3. The summed E-state index contributed by atoms with van der Waals surface area (Å²) < 4.78 is 66.8. The summed E-state index contributed by atoms with van der Waals surface area (Å²) in [5.41, 5.74) is -0.660. The number of hydrogen-bond donors (Lipinski definition) is 1. The molecule has 1 N–H and O–H groups in total. The molecule has 2 rings (SSSR count). The van der Waals surface area contributed by atoms with E-state index in [1.807, 2.05) is 0 Å². The van der Waals surface area contributed by atoms with E-state index >= 15 is 0 Å². The van der Waals surface area contributed by atoms with Crippen LogP contribution in [0.25, 0.3) is 0 Å². The fourth-order valence-electron chi connectivity index (χ4n) is 2.52. The van der Waals surface area contributed by atoms with Gasteiger partial charge in [0.05, 0.1) is 11.8 Å². The monoisotopic (exact) mass is 337 g/mol. The van der Waals surface area contributed by atoms with Crippen LogP contribution >= 0.6 is 0 Å². The number of benzene rings is 1. The molecule has 1 fully saturated rings. The lowest BCUT2D eigenvalue weighted by Gasteiger charge is -2.23. The first-order chi connectivity index (χ1) is 10.5. The third-order valence-corrected chi connectivity index (χ3v) is 3.75. The van der Waals surface area contributed by atoms with E-state index in [4.69, 9.17) is 5.11 Å². The van der Waals surface area contributed by atoms with Gasteiger partial charge in [0.25, 0.3) is 5.91 Å². The number of carboxylic acid groups (broad SMARTS) is 1. The molecule has 0 bridgehead atoms. The lowest BCUT2D eigenvalue weighted by atomic mass is 9.96. The van der Waals surface area contributed by atoms with E-state index in [9.17, 15) is 31.5 Å². The van der Waals surface area contributed by atoms with Crippen LogP contribution in [0.1, 0.15) is 5.56 Å². The fraction of sp³-hybridized carbons (Fsp3) is 0.429. The van der Waals surface area contributed by atoms with Crippen LogP contribution in [0, 0.1) is 11.8 Å². The zero-order chi connectivity index (χ0) is 17.4. The van der Waals surface area contributed by atoms with Crippen molar-refractivity contribution in [1.29, 1.82) is 0 Å². The molecule has 1 saturated heterocycles. The molecule has 1 aliphatic rings. The minimum atomic E-state index is -4.89. The molecule has 0 saturated carbocycles. The van der Waals surface area contributed by atoms with Gasteiger partial charge in [-0.25, -0.2) is 0 Å². The van der Waals surface area contributed by atoms with Crippen molar-refractivity contribution < 1.29 is 36.6 Å². The lowest BCUT2D eigenvalue weighted by Crippen LogP contribution is -2.41. The maximum absolute atomic E-state index is 14.1. The van der Waals surface area contributed by atoms with Crippen molar-refractivity contribution in [2.75, 3.05) is 13.1 Å². The molecule has 0 radical (unpaired) electrons. The Labute approximate surface area is 127 Å². The first-order valence-corrected chi connectivity index (χ1v) is 6.57. The average molecular weight is 337 g/mol. The second-order valence-corrected chi connectivity index (χ2v) is 5.24. The van der Waals surface area contributed by atoms with Crippen molar-refractivity contribution in [2.24, 2.45) is 11.8 Å². The molecule has 23 heavy (non-hydrogen) atoms. The van der Waals surface area contributed by atoms with Gasteiger partial charge in [-0.15, -0.1) is 0 Å². The van der Waals surface area contributed by atoms with Crippen LogP contribution in [0.2, 0.25) is 0 Å². The number of halogens is 5. The molecule has 2 atom stereocenters. The van der Waals surface area contributed by atoms with Gasteiger partial charge in [0.1, 0.15) is 0 Å². The number of likely N-dealkylation sites (tertiary alicyclic amines) is 1. The molecule has 1 heterocycles. The van der Waals surface area contributed by atoms with E-state index in [0.717, 1.165) is 12.1 Å². The molecule has 0 unspecified atom stereocenters. The van der Waals surface area contributed by atoms with Gasteiger partial charge in [0, 0.05) is 18.7 Å². The number of hydrogen-bond acceptors (Lipinski definition) is 2. The summed E-state index contributed by atoms with van der Waals surface area (Å²) in [7, 11) is 0. The Hall–Kier alpha value is -2.19. The smallest absolute Gasteiger partial charge is 0.394 e. The van der Waals surface area contributed by atoms with Gasteiger partial charge >= 0.3 is 18.1 Å². The minimum absolute atomic E-state index is 0.268. The predicted molar refractivity (Wildman–Crippen MR) is 67.6 cm³/mol. The Bertz CT molecular complexity index is 602. The van der Waals surface area contributed by atoms with E-state index in [0.29, 0.717) is 0 Å². The summed E-state index contributed by atoms with van der Waals surface area (Å²) in [6.45, 7) is -2.00. The highest BCUT2D eigenvalue weighted by molar-refractivity contribution is 5.86. The molecule has 1 aromatic carbocycles. The van der Waals surface area contributed by atoms with E-state index in [2.05, 4.69) is 0 Å². The lowest BCUT2D eigenvalue weighted by molar-refractivity contribution is -0.188. The number of carbonyl (C=O) groups is 2. The summed E-state index contributed by atoms with van der Waals surface area (Å²) in [6, 6.07) is 5.92. The van der Waals surface area contributed by atoms with Crippen LogP contribution in [0.5, 0.6) is 0 Å². The van der Waals surface area contributed by atoms with Crippen LogP contribution in [-0.4, -0.2) is 41.1 Å². The van der Waals surface area contributed by atoms with Gasteiger partial charge in [0.2, 0.25) is 0 Å². The third kappa shape index (κ3) is 3.27. The Kier molecular flexibility index (Phi) is 4.32. The van der Waals surface area contributed by atoms with Crippen LogP contribution in [0.4, 0.5) is 22.0 Å². The Morgan fingerprint density at radius 2 is 1.61 bits per heavy atom. The molecule has 0 aliphatic carbocycles. The second kappa shape index (κ2) is 5.78. The largest absolute Gasteiger partial charge is 0.481 e. The highest BCUT2D eigenvalue weighted by atomic mass is 19.4. The van der Waals surface area contributed by atoms with Gasteiger partial charge in [-0.05, 0) is 0 Å². The molecular formula is C14H12F5NO3. The molecule has 1 aromatic rings. The molecule has 9 heteroatoms. The normalized spacial score (nSPS) is 22.2. The van der Waals surface area contributed by atoms with Gasteiger partial charge in [-0.2, -0.15) is 22.0 Å². The standard InChI is InChI=1S/C14H12F5NO3/c15-13(16,8-4-2-1-3-5-8)12(23)20-6-9(11(21)22)10(7-20)14(17,18)19/h1-5,9-10H,6-7H2,(H,21,22)/t9-,10-/m1/s1. The average Bonchev–Trinajstić information content (AvgIpc) is 2.92. The van der Waals surface area contributed by atoms with Gasteiger partial charge < -0.3 is 10.0 Å². The third-order valence-electron chi connectivity index (χ3n) is 3.75. The summed E-state index contributed by atoms with van der Waals surface area (Å²) >= 11 is 0. The van der Waals surface area contributed by atoms with Crippen molar-refractivity contribution >= 4 is 11.9 Å². The quantitative estimate of drug-likeness (QED) is 0.862. The number of aliphatic carboxylic acids is 1. The van der Waals surface area contributed by atoms with Crippen molar-refractivity contribution in [1.82, 2.24) is 4.90 Å². The van der Waals surface area contributed by atoms with Crippen LogP contribution in [0.15, 0.2) is 30.3 Å². The van der Waals surface area contributed by atoms with Gasteiger partial charge in [0.15, 0.2) is 0 Å². The maximum atomic E-state index is 14.1. The highest BCUT2D eigenvalue weighted by Crippen LogP contribution is 2.40. The fourth-order valence-corrected chi connectivity index (χ4v) is 2.52. The number of alkyl halides is 5. The molecule has 126 valence electrons. The Balaban J connectivity index is 2.25. The topological polar surface area (TPSA) is 57.6 Å². The first kappa shape index (κ1) is 17.2. The molecular weight excluding hydrogens is 325 g/mol. The molecule has 1 amide bonds. The summed E-state index contributed by atoms with van der Waals surface area (Å²) in [4.78, 5) is 23.1.